The van der Waals surface area contributed by atoms with Gasteiger partial charge in [0.1, 0.15) is 5.75 Å². The van der Waals surface area contributed by atoms with Crippen LogP contribution >= 0.6 is 11.3 Å². The number of methoxy groups -OCH3 is 1. The zero-order chi connectivity index (χ0) is 14.7. The molecule has 1 atom stereocenters. The number of benzene rings is 2. The number of hydrogen-bond acceptors (Lipinski definition) is 3. The minimum Gasteiger partial charge on any atom is -0.497 e. The predicted octanol–water partition coefficient (Wildman–Crippen LogP) is 4.58. The fourth-order valence-corrected chi connectivity index (χ4v) is 3.18. The topological polar surface area (TPSA) is 29.5 Å². The van der Waals surface area contributed by atoms with Crippen molar-refractivity contribution in [1.29, 1.82) is 0 Å². The van der Waals surface area contributed by atoms with Crippen LogP contribution in [0, 0.1) is 0 Å². The summed E-state index contributed by atoms with van der Waals surface area (Å²) in [7, 11) is 1.67. The lowest BCUT2D eigenvalue weighted by molar-refractivity contribution is 0.168. The van der Waals surface area contributed by atoms with Gasteiger partial charge in [-0.1, -0.05) is 18.2 Å². The van der Waals surface area contributed by atoms with Gasteiger partial charge in [-0.3, -0.25) is 0 Å². The Morgan fingerprint density at radius 2 is 1.90 bits per heavy atom. The Morgan fingerprint density at radius 3 is 2.67 bits per heavy atom. The molecule has 1 heterocycles. The maximum absolute atomic E-state index is 10.4. The molecule has 1 N–H and O–H groups in total. The molecular formula is C18H18O2S. The first-order chi connectivity index (χ1) is 10.3. The Labute approximate surface area is 128 Å². The molecule has 2 nitrogen and oxygen atoms in total. The summed E-state index contributed by atoms with van der Waals surface area (Å²) in [6.07, 6.45) is 1.24. The number of ether oxygens (including phenoxy) is 1. The van der Waals surface area contributed by atoms with Crippen LogP contribution in [-0.4, -0.2) is 12.2 Å². The van der Waals surface area contributed by atoms with Gasteiger partial charge in [-0.05, 0) is 69.8 Å². The van der Waals surface area contributed by atoms with Crippen molar-refractivity contribution in [2.24, 2.45) is 0 Å². The third-order valence-electron chi connectivity index (χ3n) is 3.74. The van der Waals surface area contributed by atoms with Gasteiger partial charge in [0.15, 0.2) is 0 Å². The van der Waals surface area contributed by atoms with E-state index in [-0.39, 0.29) is 0 Å². The van der Waals surface area contributed by atoms with Gasteiger partial charge in [-0.15, -0.1) is 0 Å². The molecule has 0 aliphatic carbocycles. The third-order valence-corrected chi connectivity index (χ3v) is 4.47. The van der Waals surface area contributed by atoms with E-state index < -0.39 is 6.10 Å². The molecule has 0 bridgehead atoms. The van der Waals surface area contributed by atoms with Crippen LogP contribution in [0.25, 0.3) is 10.8 Å². The Bertz CT molecular complexity index is 719. The molecule has 3 heteroatoms. The Morgan fingerprint density at radius 1 is 1.10 bits per heavy atom. The summed E-state index contributed by atoms with van der Waals surface area (Å²) in [5.41, 5.74) is 2.27. The van der Waals surface area contributed by atoms with E-state index in [2.05, 4.69) is 22.9 Å². The van der Waals surface area contributed by atoms with Crippen LogP contribution in [0.4, 0.5) is 0 Å². The molecule has 21 heavy (non-hydrogen) atoms. The highest BCUT2D eigenvalue weighted by Crippen LogP contribution is 2.26. The van der Waals surface area contributed by atoms with Crippen LogP contribution in [0.2, 0.25) is 0 Å². The molecule has 0 aliphatic rings. The second kappa shape index (κ2) is 6.29. The number of aliphatic hydroxyl groups excluding tert-OH is 1. The van der Waals surface area contributed by atoms with Crippen LogP contribution in [0.5, 0.6) is 5.75 Å². The fourth-order valence-electron chi connectivity index (χ4n) is 2.48. The smallest absolute Gasteiger partial charge is 0.119 e. The molecular weight excluding hydrogens is 280 g/mol. The molecule has 0 fully saturated rings. The summed E-state index contributed by atoms with van der Waals surface area (Å²) < 4.78 is 5.23. The van der Waals surface area contributed by atoms with E-state index in [9.17, 15) is 5.11 Å². The van der Waals surface area contributed by atoms with Crippen LogP contribution in [0.3, 0.4) is 0 Å². The first kappa shape index (κ1) is 14.1. The first-order valence-electron chi connectivity index (χ1n) is 7.03. The van der Waals surface area contributed by atoms with Gasteiger partial charge in [0.05, 0.1) is 13.2 Å². The molecule has 1 aromatic heterocycles. The SMILES string of the molecule is COc1ccc2cc(C(O)CCc3ccsc3)ccc2c1. The number of rotatable bonds is 5. The Hall–Kier alpha value is -1.84. The minimum absolute atomic E-state index is 0.420. The fraction of sp³-hybridized carbons (Fsp3) is 0.222. The molecule has 0 saturated heterocycles. The number of aliphatic hydroxyl groups is 1. The zero-order valence-corrected chi connectivity index (χ0v) is 12.8. The highest BCUT2D eigenvalue weighted by atomic mass is 32.1. The van der Waals surface area contributed by atoms with Crippen molar-refractivity contribution in [2.75, 3.05) is 7.11 Å². The normalized spacial score (nSPS) is 12.5. The van der Waals surface area contributed by atoms with Gasteiger partial charge in [0.25, 0.3) is 0 Å². The molecule has 108 valence electrons. The summed E-state index contributed by atoms with van der Waals surface area (Å²) in [5, 5.41) is 16.8. The summed E-state index contributed by atoms with van der Waals surface area (Å²) >= 11 is 1.70. The predicted molar refractivity (Wildman–Crippen MR) is 88.1 cm³/mol. The second-order valence-electron chi connectivity index (χ2n) is 5.16. The Balaban J connectivity index is 1.76. The van der Waals surface area contributed by atoms with Gasteiger partial charge in [0.2, 0.25) is 0 Å². The van der Waals surface area contributed by atoms with E-state index in [4.69, 9.17) is 4.74 Å². The number of hydrogen-bond donors (Lipinski definition) is 1. The molecule has 0 spiro atoms. The lowest BCUT2D eigenvalue weighted by Crippen LogP contribution is -1.99. The minimum atomic E-state index is -0.420. The van der Waals surface area contributed by atoms with Crippen molar-refractivity contribution in [3.05, 3.63) is 64.4 Å². The summed E-state index contributed by atoms with van der Waals surface area (Å²) in [6, 6.07) is 14.2. The first-order valence-corrected chi connectivity index (χ1v) is 7.97. The largest absolute Gasteiger partial charge is 0.497 e. The van der Waals surface area contributed by atoms with Crippen molar-refractivity contribution < 1.29 is 9.84 Å². The van der Waals surface area contributed by atoms with Crippen LogP contribution < -0.4 is 4.74 Å². The van der Waals surface area contributed by atoms with Gasteiger partial charge in [-0.25, -0.2) is 0 Å². The third kappa shape index (κ3) is 3.26. The van der Waals surface area contributed by atoms with Gasteiger partial charge < -0.3 is 9.84 Å². The van der Waals surface area contributed by atoms with E-state index in [1.807, 2.05) is 30.3 Å². The molecule has 3 aromatic rings. The second-order valence-corrected chi connectivity index (χ2v) is 5.94. The van der Waals surface area contributed by atoms with Gasteiger partial charge >= 0.3 is 0 Å². The van der Waals surface area contributed by atoms with Crippen LogP contribution in [-0.2, 0) is 6.42 Å². The van der Waals surface area contributed by atoms with E-state index in [0.717, 1.165) is 34.9 Å². The zero-order valence-electron chi connectivity index (χ0n) is 12.0. The van der Waals surface area contributed by atoms with Crippen molar-refractivity contribution in [3.8, 4) is 5.75 Å². The van der Waals surface area contributed by atoms with Gasteiger partial charge in [0, 0.05) is 0 Å². The monoisotopic (exact) mass is 298 g/mol. The van der Waals surface area contributed by atoms with Crippen molar-refractivity contribution >= 4 is 22.1 Å². The maximum Gasteiger partial charge on any atom is 0.119 e. The van der Waals surface area contributed by atoms with Gasteiger partial charge in [-0.2, -0.15) is 11.3 Å². The molecule has 0 radical (unpaired) electrons. The summed E-state index contributed by atoms with van der Waals surface area (Å²) in [6.45, 7) is 0. The lowest BCUT2D eigenvalue weighted by atomic mass is 9.99. The van der Waals surface area contributed by atoms with Crippen molar-refractivity contribution in [3.63, 3.8) is 0 Å². The van der Waals surface area contributed by atoms with Crippen molar-refractivity contribution in [2.45, 2.75) is 18.9 Å². The number of aryl methyl sites for hydroxylation is 1. The summed E-state index contributed by atoms with van der Waals surface area (Å²) in [4.78, 5) is 0. The summed E-state index contributed by atoms with van der Waals surface area (Å²) in [5.74, 6) is 0.855. The molecule has 3 rings (SSSR count). The van der Waals surface area contributed by atoms with Crippen LogP contribution in [0.1, 0.15) is 23.7 Å². The molecule has 0 saturated carbocycles. The maximum atomic E-state index is 10.4. The molecule has 0 amide bonds. The average molecular weight is 298 g/mol. The lowest BCUT2D eigenvalue weighted by Gasteiger charge is -2.12. The van der Waals surface area contributed by atoms with Crippen molar-refractivity contribution in [1.82, 2.24) is 0 Å². The number of fused-ring (bicyclic) bond motifs is 1. The van der Waals surface area contributed by atoms with E-state index >= 15 is 0 Å². The standard InChI is InChI=1S/C18H18O2S/c1-20-17-6-5-14-10-16(4-3-15(14)11-17)18(19)7-2-13-8-9-21-12-13/h3-6,8-12,18-19H,2,7H2,1H3. The average Bonchev–Trinajstić information content (AvgIpc) is 3.05. The molecule has 1 unspecified atom stereocenters. The van der Waals surface area contributed by atoms with E-state index in [1.165, 1.54) is 5.56 Å². The number of thiophene rings is 1. The van der Waals surface area contributed by atoms with Crippen LogP contribution in [0.15, 0.2) is 53.2 Å². The molecule has 0 aliphatic heterocycles. The van der Waals surface area contributed by atoms with E-state index in [0.29, 0.717) is 0 Å². The quantitative estimate of drug-likeness (QED) is 0.747. The van der Waals surface area contributed by atoms with E-state index in [1.54, 1.807) is 18.4 Å². The highest BCUT2D eigenvalue weighted by molar-refractivity contribution is 7.07. The Kier molecular flexibility index (Phi) is 4.23. The highest BCUT2D eigenvalue weighted by Gasteiger charge is 2.09. The molecule has 2 aromatic carbocycles.